The van der Waals surface area contributed by atoms with E-state index in [4.69, 9.17) is 5.11 Å². The molecule has 0 aliphatic carbocycles. The first kappa shape index (κ1) is 41.2. The number of hydrogen-bond donors (Lipinski definition) is 6. The van der Waals surface area contributed by atoms with Crippen molar-refractivity contribution in [3.05, 3.63) is 0 Å². The Morgan fingerprint density at radius 2 is 1.16 bits per heavy atom. The molecule has 0 saturated heterocycles. The summed E-state index contributed by atoms with van der Waals surface area (Å²) in [7, 11) is 0. The van der Waals surface area contributed by atoms with E-state index in [1.165, 1.54) is 13.8 Å². The highest BCUT2D eigenvalue weighted by Gasteiger charge is 2.23. The molecular weight excluding hydrogens is 590 g/mol. The first-order valence-electron chi connectivity index (χ1n) is 15.8. The Balaban J connectivity index is 4.10. The maximum Gasteiger partial charge on any atom is 0.326 e. The molecule has 3 atom stereocenters. The molecule has 0 aromatic rings. The van der Waals surface area contributed by atoms with Crippen LogP contribution >= 0.6 is 0 Å². The lowest BCUT2D eigenvalue weighted by Crippen LogP contribution is -2.50. The van der Waals surface area contributed by atoms with Crippen LogP contribution in [0.3, 0.4) is 0 Å². The summed E-state index contributed by atoms with van der Waals surface area (Å²) >= 11 is 0. The zero-order valence-corrected chi connectivity index (χ0v) is 26.6. The van der Waals surface area contributed by atoms with Gasteiger partial charge in [0.05, 0.1) is 12.0 Å². The van der Waals surface area contributed by atoms with Crippen LogP contribution in [-0.2, 0) is 33.6 Å². The summed E-state index contributed by atoms with van der Waals surface area (Å²) in [6, 6.07) is -3.15. The minimum absolute atomic E-state index is 0.00977. The van der Waals surface area contributed by atoms with Gasteiger partial charge in [0.15, 0.2) is 5.78 Å². The van der Waals surface area contributed by atoms with Gasteiger partial charge in [-0.1, -0.05) is 25.7 Å². The number of nitrogens with one attached hydrogen (secondary N) is 3. The van der Waals surface area contributed by atoms with E-state index in [1.54, 1.807) is 0 Å². The smallest absolute Gasteiger partial charge is 0.326 e. The van der Waals surface area contributed by atoms with E-state index in [1.807, 2.05) is 0 Å². The molecule has 3 amide bonds. The topological polar surface area (TPSA) is 233 Å². The number of urea groups is 1. The quantitative estimate of drug-likeness (QED) is 0.0678. The Hall–Kier alpha value is -3.84. The highest BCUT2D eigenvalue weighted by atomic mass is 16.4. The van der Waals surface area contributed by atoms with Gasteiger partial charge in [-0.3, -0.25) is 24.0 Å². The molecule has 14 nitrogen and oxygen atoms in total. The Bertz CT molecular complexity index is 999. The van der Waals surface area contributed by atoms with Gasteiger partial charge in [0.25, 0.3) is 0 Å². The number of ketones is 3. The number of carboxylic acids is 3. The lowest BCUT2D eigenvalue weighted by Gasteiger charge is -2.19. The van der Waals surface area contributed by atoms with E-state index in [0.717, 1.165) is 25.7 Å². The van der Waals surface area contributed by atoms with Crippen LogP contribution in [0.5, 0.6) is 0 Å². The molecule has 0 aliphatic heterocycles. The molecule has 0 aromatic heterocycles. The molecule has 6 N–H and O–H groups in total. The molecule has 0 saturated carbocycles. The van der Waals surface area contributed by atoms with Crippen LogP contribution in [0.25, 0.3) is 0 Å². The highest BCUT2D eigenvalue weighted by molar-refractivity contribution is 5.89. The van der Waals surface area contributed by atoms with Gasteiger partial charge >= 0.3 is 23.9 Å². The van der Waals surface area contributed by atoms with E-state index in [0.29, 0.717) is 64.3 Å². The Labute approximate surface area is 264 Å². The van der Waals surface area contributed by atoms with E-state index in [2.05, 4.69) is 16.0 Å². The number of Topliss-reactive ketones (excluding diaryl/α,β-unsaturated/α-hetero) is 3. The summed E-state index contributed by atoms with van der Waals surface area (Å²) in [4.78, 5) is 92.8. The molecule has 14 heteroatoms. The number of carbonyl (C=O) groups excluding carboxylic acids is 5. The average molecular weight is 642 g/mol. The van der Waals surface area contributed by atoms with Crippen molar-refractivity contribution in [3.8, 4) is 0 Å². The van der Waals surface area contributed by atoms with Crippen molar-refractivity contribution < 1.29 is 53.7 Å². The highest BCUT2D eigenvalue weighted by Crippen LogP contribution is 2.18. The molecule has 0 radical (unpaired) electrons. The maximum atomic E-state index is 12.2. The molecule has 0 spiro atoms. The molecule has 0 rings (SSSR count). The first-order valence-corrected chi connectivity index (χ1v) is 15.8. The molecule has 1 unspecified atom stereocenters. The zero-order valence-electron chi connectivity index (χ0n) is 26.6. The fourth-order valence-corrected chi connectivity index (χ4v) is 4.64. The van der Waals surface area contributed by atoms with Crippen molar-refractivity contribution in [3.63, 3.8) is 0 Å². The minimum Gasteiger partial charge on any atom is -0.481 e. The molecule has 0 bridgehead atoms. The van der Waals surface area contributed by atoms with Gasteiger partial charge in [-0.15, -0.1) is 0 Å². The number of amides is 3. The van der Waals surface area contributed by atoms with E-state index in [9.17, 15) is 48.6 Å². The summed E-state index contributed by atoms with van der Waals surface area (Å²) in [6.07, 6.45) is 6.93. The fourth-order valence-electron chi connectivity index (χ4n) is 4.64. The normalized spacial score (nSPS) is 12.8. The lowest BCUT2D eigenvalue weighted by atomic mass is 9.93. The fraction of sp³-hybridized carbons (Fsp3) is 0.742. The Morgan fingerprint density at radius 1 is 0.578 bits per heavy atom. The third-order valence-corrected chi connectivity index (χ3v) is 7.30. The number of rotatable bonds is 28. The second kappa shape index (κ2) is 24.5. The number of unbranched alkanes of at least 4 members (excludes halogenated alkanes) is 6. The zero-order chi connectivity index (χ0) is 34.2. The molecular formula is C31H51N3O11. The third-order valence-electron chi connectivity index (χ3n) is 7.30. The van der Waals surface area contributed by atoms with Gasteiger partial charge in [-0.05, 0) is 65.2 Å². The SMILES string of the molecule is CC(=O)CCCCCC(CC(=O)CCCCCCC(=O)NCCCC[C@H](NC(=O)N[C@@H](CCC(=O)O)C(C)=O)C(=O)O)C(=O)O. The predicted molar refractivity (Wildman–Crippen MR) is 164 cm³/mol. The van der Waals surface area contributed by atoms with E-state index >= 15 is 0 Å². The average Bonchev–Trinajstić information content (AvgIpc) is 2.94. The maximum absolute atomic E-state index is 12.2. The number of aliphatic carboxylic acids is 3. The van der Waals surface area contributed by atoms with Gasteiger partial charge in [0.2, 0.25) is 5.91 Å². The number of hydrogen-bond acceptors (Lipinski definition) is 8. The molecule has 0 heterocycles. The summed E-state index contributed by atoms with van der Waals surface area (Å²) in [5, 5.41) is 34.9. The van der Waals surface area contributed by atoms with Crippen molar-refractivity contribution in [2.75, 3.05) is 6.54 Å². The third kappa shape index (κ3) is 23.2. The Kier molecular flexibility index (Phi) is 22.4. The van der Waals surface area contributed by atoms with Crippen LogP contribution < -0.4 is 16.0 Å². The van der Waals surface area contributed by atoms with Crippen molar-refractivity contribution >= 4 is 47.2 Å². The molecule has 256 valence electrons. The standard InChI is InChI=1S/C31H51N3O11/c1-21(35)12-6-5-7-13-23(29(41)42)20-24(37)14-8-3-4-9-16-27(38)32-19-11-10-15-26(30(43)44)34-31(45)33-25(22(2)36)17-18-28(39)40/h23,25-26H,3-20H2,1-2H3,(H,32,38)(H,39,40)(H,41,42)(H,43,44)(H2,33,34,45)/t23?,25-,26-/m0/s1. The van der Waals surface area contributed by atoms with Crippen molar-refractivity contribution in [1.29, 1.82) is 0 Å². The van der Waals surface area contributed by atoms with Crippen molar-refractivity contribution in [2.24, 2.45) is 5.92 Å². The molecule has 45 heavy (non-hydrogen) atoms. The largest absolute Gasteiger partial charge is 0.481 e. The van der Waals surface area contributed by atoms with Gasteiger partial charge in [-0.2, -0.15) is 0 Å². The summed E-state index contributed by atoms with van der Waals surface area (Å²) < 4.78 is 0. The summed E-state index contributed by atoms with van der Waals surface area (Å²) in [5.41, 5.74) is 0. The van der Waals surface area contributed by atoms with E-state index < -0.39 is 47.7 Å². The second-order valence-electron chi connectivity index (χ2n) is 11.4. The Morgan fingerprint density at radius 3 is 1.73 bits per heavy atom. The summed E-state index contributed by atoms with van der Waals surface area (Å²) in [5.74, 6) is -4.64. The van der Waals surface area contributed by atoms with Crippen LogP contribution in [-0.4, -0.2) is 81.1 Å². The van der Waals surface area contributed by atoms with Crippen LogP contribution in [0.1, 0.15) is 123 Å². The van der Waals surface area contributed by atoms with Crippen LogP contribution in [0.4, 0.5) is 4.79 Å². The van der Waals surface area contributed by atoms with Gasteiger partial charge in [0.1, 0.15) is 17.6 Å². The number of carbonyl (C=O) groups is 8. The van der Waals surface area contributed by atoms with Crippen molar-refractivity contribution in [2.45, 2.75) is 135 Å². The molecule has 0 fully saturated rings. The molecule has 0 aliphatic rings. The summed E-state index contributed by atoms with van der Waals surface area (Å²) in [6.45, 7) is 3.05. The second-order valence-corrected chi connectivity index (χ2v) is 11.4. The van der Waals surface area contributed by atoms with Gasteiger partial charge in [-0.25, -0.2) is 9.59 Å². The minimum atomic E-state index is -1.26. The lowest BCUT2D eigenvalue weighted by molar-refractivity contribution is -0.144. The number of carboxylic acid groups (broad SMARTS) is 3. The van der Waals surface area contributed by atoms with Crippen LogP contribution in [0, 0.1) is 5.92 Å². The van der Waals surface area contributed by atoms with Gasteiger partial charge < -0.3 is 36.1 Å². The van der Waals surface area contributed by atoms with E-state index in [-0.39, 0.29) is 43.2 Å². The van der Waals surface area contributed by atoms with Crippen molar-refractivity contribution in [1.82, 2.24) is 16.0 Å². The van der Waals surface area contributed by atoms with Crippen LogP contribution in [0.15, 0.2) is 0 Å². The van der Waals surface area contributed by atoms with Gasteiger partial charge in [0, 0.05) is 38.6 Å². The van der Waals surface area contributed by atoms with Crippen LogP contribution in [0.2, 0.25) is 0 Å². The first-order chi connectivity index (χ1) is 21.2. The monoisotopic (exact) mass is 641 g/mol. The predicted octanol–water partition coefficient (Wildman–Crippen LogP) is 3.39. The molecule has 0 aromatic carbocycles.